The molecule has 0 fully saturated rings. The summed E-state index contributed by atoms with van der Waals surface area (Å²) in [6.07, 6.45) is 5.07. The number of Topliss-reactive ketones (excluding diaryl/α,β-unsaturated/α-hetero) is 1. The highest BCUT2D eigenvalue weighted by atomic mass is 16.2. The smallest absolute Gasteiger partial charge is 0.228 e. The average molecular weight is 240 g/mol. The van der Waals surface area contributed by atoms with Crippen LogP contribution >= 0.6 is 0 Å². The first kappa shape index (κ1) is 10.4. The van der Waals surface area contributed by atoms with Gasteiger partial charge in [0.2, 0.25) is 5.78 Å². The zero-order chi connectivity index (χ0) is 12.5. The molecule has 0 saturated heterocycles. The van der Waals surface area contributed by atoms with Gasteiger partial charge in [0.05, 0.1) is 28.7 Å². The highest BCUT2D eigenvalue weighted by Crippen LogP contribution is 2.28. The fraction of sp³-hybridized carbons (Fsp3) is 0. The molecule has 18 heavy (non-hydrogen) atoms. The van der Waals surface area contributed by atoms with Crippen molar-refractivity contribution in [2.75, 3.05) is 0 Å². The van der Waals surface area contributed by atoms with Gasteiger partial charge in [0.15, 0.2) is 6.29 Å². The topological polar surface area (TPSA) is 91.5 Å². The van der Waals surface area contributed by atoms with Crippen molar-refractivity contribution in [1.29, 1.82) is 0 Å². The molecule has 0 amide bonds. The van der Waals surface area contributed by atoms with Crippen LogP contribution < -0.4 is 0 Å². The van der Waals surface area contributed by atoms with Crippen LogP contribution in [0.1, 0.15) is 10.4 Å². The Labute approximate surface area is 101 Å². The summed E-state index contributed by atoms with van der Waals surface area (Å²) in [5.41, 5.74) is 2.24. The van der Waals surface area contributed by atoms with E-state index in [0.717, 1.165) is 0 Å². The molecule has 88 valence electrons. The van der Waals surface area contributed by atoms with Gasteiger partial charge in [-0.15, -0.1) is 0 Å². The van der Waals surface area contributed by atoms with Gasteiger partial charge in [-0.2, -0.15) is 5.10 Å². The van der Waals surface area contributed by atoms with E-state index < -0.39 is 5.78 Å². The molecule has 0 atom stereocenters. The molecule has 0 aromatic carbocycles. The number of rotatable bonds is 3. The summed E-state index contributed by atoms with van der Waals surface area (Å²) in [6, 6.07) is 3.42. The van der Waals surface area contributed by atoms with Crippen molar-refractivity contribution < 1.29 is 9.59 Å². The molecule has 6 nitrogen and oxygen atoms in total. The number of nitrogens with one attached hydrogen (secondary N) is 2. The molecule has 0 radical (unpaired) electrons. The second-order valence-corrected chi connectivity index (χ2v) is 3.75. The summed E-state index contributed by atoms with van der Waals surface area (Å²) in [6.45, 7) is 0. The molecule has 0 unspecified atom stereocenters. The average Bonchev–Trinajstić information content (AvgIpc) is 3.04. The fourth-order valence-electron chi connectivity index (χ4n) is 1.96. The first-order valence-electron chi connectivity index (χ1n) is 5.26. The van der Waals surface area contributed by atoms with Crippen molar-refractivity contribution in [3.05, 3.63) is 36.3 Å². The Kier molecular flexibility index (Phi) is 2.26. The quantitative estimate of drug-likeness (QED) is 0.410. The standard InChI is InChI=1S/C12H8N4O2/c17-6-10(18)11-7-1-3-13-5-9(7)15-12(11)8-2-4-14-16-8/h1-6,15H,(H,14,16). The number of ketones is 1. The van der Waals surface area contributed by atoms with Crippen molar-refractivity contribution in [1.82, 2.24) is 20.2 Å². The normalized spacial score (nSPS) is 10.7. The van der Waals surface area contributed by atoms with Crippen LogP contribution in [0, 0.1) is 0 Å². The number of aromatic amines is 2. The maximum Gasteiger partial charge on any atom is 0.228 e. The van der Waals surface area contributed by atoms with Gasteiger partial charge in [-0.25, -0.2) is 0 Å². The van der Waals surface area contributed by atoms with Crippen LogP contribution in [0.5, 0.6) is 0 Å². The van der Waals surface area contributed by atoms with Crippen LogP contribution in [0.2, 0.25) is 0 Å². The molecule has 0 aliphatic carbocycles. The van der Waals surface area contributed by atoms with E-state index in [1.807, 2.05) is 0 Å². The van der Waals surface area contributed by atoms with Gasteiger partial charge in [-0.05, 0) is 12.1 Å². The maximum atomic E-state index is 11.8. The van der Waals surface area contributed by atoms with E-state index in [1.54, 1.807) is 30.7 Å². The van der Waals surface area contributed by atoms with Gasteiger partial charge in [0, 0.05) is 17.8 Å². The lowest BCUT2D eigenvalue weighted by Gasteiger charge is -1.96. The number of H-pyrrole nitrogens is 2. The molecule has 0 aliphatic heterocycles. The van der Waals surface area contributed by atoms with Crippen molar-refractivity contribution in [3.63, 3.8) is 0 Å². The summed E-state index contributed by atoms with van der Waals surface area (Å²) >= 11 is 0. The van der Waals surface area contributed by atoms with E-state index in [2.05, 4.69) is 20.2 Å². The third kappa shape index (κ3) is 1.43. The van der Waals surface area contributed by atoms with E-state index in [4.69, 9.17) is 0 Å². The van der Waals surface area contributed by atoms with E-state index in [-0.39, 0.29) is 0 Å². The van der Waals surface area contributed by atoms with Crippen LogP contribution in [-0.4, -0.2) is 32.2 Å². The summed E-state index contributed by atoms with van der Waals surface area (Å²) in [5, 5.41) is 7.27. The molecule has 3 heterocycles. The highest BCUT2D eigenvalue weighted by molar-refractivity contribution is 6.38. The number of carbonyl (C=O) groups excluding carboxylic acids is 2. The lowest BCUT2D eigenvalue weighted by Crippen LogP contribution is -2.01. The van der Waals surface area contributed by atoms with Crippen LogP contribution in [0.25, 0.3) is 22.3 Å². The third-order valence-corrected chi connectivity index (χ3v) is 2.72. The second kappa shape index (κ2) is 3.92. The van der Waals surface area contributed by atoms with Crippen LogP contribution in [-0.2, 0) is 4.79 Å². The Morgan fingerprint density at radius 2 is 2.17 bits per heavy atom. The first-order valence-corrected chi connectivity index (χ1v) is 5.26. The Morgan fingerprint density at radius 3 is 2.89 bits per heavy atom. The van der Waals surface area contributed by atoms with Crippen molar-refractivity contribution in [2.45, 2.75) is 0 Å². The minimum absolute atomic E-state index is 0.308. The lowest BCUT2D eigenvalue weighted by atomic mass is 10.1. The largest absolute Gasteiger partial charge is 0.351 e. The minimum Gasteiger partial charge on any atom is -0.351 e. The summed E-state index contributed by atoms with van der Waals surface area (Å²) < 4.78 is 0. The van der Waals surface area contributed by atoms with Gasteiger partial charge in [0.25, 0.3) is 0 Å². The molecule has 0 saturated carbocycles. The molecule has 0 spiro atoms. The highest BCUT2D eigenvalue weighted by Gasteiger charge is 2.19. The minimum atomic E-state index is -0.572. The molecular formula is C12H8N4O2. The number of aromatic nitrogens is 4. The number of pyridine rings is 1. The predicted molar refractivity (Wildman–Crippen MR) is 64.1 cm³/mol. The Morgan fingerprint density at radius 1 is 1.28 bits per heavy atom. The second-order valence-electron chi connectivity index (χ2n) is 3.75. The van der Waals surface area contributed by atoms with Crippen LogP contribution in [0.15, 0.2) is 30.7 Å². The third-order valence-electron chi connectivity index (χ3n) is 2.72. The predicted octanol–water partition coefficient (Wildman–Crippen LogP) is 1.33. The summed E-state index contributed by atoms with van der Waals surface area (Å²) in [5.74, 6) is -0.572. The van der Waals surface area contributed by atoms with Crippen LogP contribution in [0.3, 0.4) is 0 Å². The molecular weight excluding hydrogens is 232 g/mol. The van der Waals surface area contributed by atoms with E-state index >= 15 is 0 Å². The van der Waals surface area contributed by atoms with E-state index in [0.29, 0.717) is 34.1 Å². The Hall–Kier alpha value is -2.76. The SMILES string of the molecule is O=CC(=O)c1c(-c2ccn[nH]2)[nH]c2cnccc12. The Bertz CT molecular complexity index is 728. The molecule has 3 rings (SSSR count). The zero-order valence-electron chi connectivity index (χ0n) is 9.18. The molecule has 6 heteroatoms. The maximum absolute atomic E-state index is 11.8. The monoisotopic (exact) mass is 240 g/mol. The number of fused-ring (bicyclic) bond motifs is 1. The number of nitrogens with zero attached hydrogens (tertiary/aromatic N) is 2. The van der Waals surface area contributed by atoms with Gasteiger partial charge in [-0.3, -0.25) is 19.7 Å². The Balaban J connectivity index is 2.37. The first-order chi connectivity index (χ1) is 8.81. The van der Waals surface area contributed by atoms with Gasteiger partial charge in [-0.1, -0.05) is 0 Å². The van der Waals surface area contributed by atoms with Crippen LogP contribution in [0.4, 0.5) is 0 Å². The molecule has 2 N–H and O–H groups in total. The number of carbonyl (C=O) groups is 2. The molecule has 3 aromatic rings. The van der Waals surface area contributed by atoms with Crippen molar-refractivity contribution in [2.24, 2.45) is 0 Å². The van der Waals surface area contributed by atoms with Gasteiger partial charge >= 0.3 is 0 Å². The van der Waals surface area contributed by atoms with E-state index in [9.17, 15) is 9.59 Å². The summed E-state index contributed by atoms with van der Waals surface area (Å²) in [4.78, 5) is 29.6. The summed E-state index contributed by atoms with van der Waals surface area (Å²) in [7, 11) is 0. The van der Waals surface area contributed by atoms with Gasteiger partial charge < -0.3 is 4.98 Å². The molecule has 0 aliphatic rings. The van der Waals surface area contributed by atoms with Gasteiger partial charge in [0.1, 0.15) is 0 Å². The fourth-order valence-corrected chi connectivity index (χ4v) is 1.96. The lowest BCUT2D eigenvalue weighted by molar-refractivity contribution is -0.104. The van der Waals surface area contributed by atoms with Crippen molar-refractivity contribution >= 4 is 23.0 Å². The number of hydrogen-bond donors (Lipinski definition) is 2. The molecule has 3 aromatic heterocycles. The number of hydrogen-bond acceptors (Lipinski definition) is 4. The zero-order valence-corrected chi connectivity index (χ0v) is 9.18. The van der Waals surface area contributed by atoms with Crippen molar-refractivity contribution in [3.8, 4) is 11.4 Å². The molecule has 0 bridgehead atoms. The van der Waals surface area contributed by atoms with E-state index in [1.165, 1.54) is 0 Å². The number of aldehydes is 1.